The van der Waals surface area contributed by atoms with Gasteiger partial charge in [0.25, 0.3) is 16.8 Å². The Kier molecular flexibility index (Phi) is 4.94. The summed E-state index contributed by atoms with van der Waals surface area (Å²) in [5, 5.41) is 4.04. The summed E-state index contributed by atoms with van der Waals surface area (Å²) in [5.41, 5.74) is 0.392. The van der Waals surface area contributed by atoms with Crippen molar-refractivity contribution in [3.8, 4) is 0 Å². The first-order valence-corrected chi connectivity index (χ1v) is 8.05. The minimum atomic E-state index is -3.67. The summed E-state index contributed by atoms with van der Waals surface area (Å²) in [6, 6.07) is 3.22. The molecule has 1 aromatic rings. The molecule has 120 valence electrons. The third-order valence-electron chi connectivity index (χ3n) is 2.82. The van der Waals surface area contributed by atoms with E-state index in [9.17, 15) is 17.2 Å². The van der Waals surface area contributed by atoms with E-state index in [1.807, 2.05) is 0 Å². The Bertz CT molecular complexity index is 709. The van der Waals surface area contributed by atoms with Crippen molar-refractivity contribution in [1.82, 2.24) is 0 Å². The predicted molar refractivity (Wildman–Crippen MR) is 72.4 cm³/mol. The summed E-state index contributed by atoms with van der Waals surface area (Å²) in [5.74, 6) is -1.16. The van der Waals surface area contributed by atoms with Crippen LogP contribution in [0.5, 0.6) is 0 Å². The lowest BCUT2D eigenvalue weighted by Crippen LogP contribution is -2.22. The number of hydrogen-bond donors (Lipinski definition) is 1. The molecular weight excluding hydrogens is 320 g/mol. The maximum Gasteiger partial charge on any atom is 0.263 e. The summed E-state index contributed by atoms with van der Waals surface area (Å²) >= 11 is 0. The van der Waals surface area contributed by atoms with E-state index in [2.05, 4.69) is 10.1 Å². The van der Waals surface area contributed by atoms with Crippen LogP contribution in [0.2, 0.25) is 0 Å². The van der Waals surface area contributed by atoms with Gasteiger partial charge in [0.2, 0.25) is 6.04 Å². The minimum Gasteiger partial charge on any atom is -0.365 e. The molecular formula is C12H14F2N3O4S+. The molecule has 2 atom stereocenters. The van der Waals surface area contributed by atoms with Crippen molar-refractivity contribution in [3.05, 3.63) is 35.4 Å². The van der Waals surface area contributed by atoms with Gasteiger partial charge in [-0.05, 0) is 12.1 Å². The van der Waals surface area contributed by atoms with E-state index in [-0.39, 0.29) is 12.1 Å². The first-order chi connectivity index (χ1) is 10.3. The van der Waals surface area contributed by atoms with Gasteiger partial charge >= 0.3 is 0 Å². The van der Waals surface area contributed by atoms with Crippen LogP contribution in [-0.4, -0.2) is 49.6 Å². The molecule has 2 aliphatic rings. The Morgan fingerprint density at radius 1 is 1.45 bits per heavy atom. The SMILES string of the molecule is CS(=O)(=O)O.Fc1ccc(C(C2CO2)[N+]2=NC=NC2)c(F)c1. The van der Waals surface area contributed by atoms with Gasteiger partial charge in [-0.25, -0.2) is 8.78 Å². The average Bonchev–Trinajstić information content (AvgIpc) is 3.05. The molecule has 3 rings (SSSR count). The van der Waals surface area contributed by atoms with Gasteiger partial charge in [0.05, 0.1) is 18.4 Å². The van der Waals surface area contributed by atoms with Crippen LogP contribution in [0.3, 0.4) is 0 Å². The fourth-order valence-corrected chi connectivity index (χ4v) is 1.95. The maximum absolute atomic E-state index is 13.7. The first-order valence-electron chi connectivity index (χ1n) is 6.20. The number of aliphatic imine (C=N–C) groups is 1. The van der Waals surface area contributed by atoms with E-state index in [1.54, 1.807) is 4.70 Å². The van der Waals surface area contributed by atoms with Crippen LogP contribution < -0.4 is 0 Å². The first kappa shape index (κ1) is 16.6. The van der Waals surface area contributed by atoms with Crippen molar-refractivity contribution >= 4 is 16.5 Å². The highest BCUT2D eigenvalue weighted by Gasteiger charge is 2.45. The fraction of sp³-hybridized carbons (Fsp3) is 0.417. The van der Waals surface area contributed by atoms with Crippen molar-refractivity contribution in [3.63, 3.8) is 0 Å². The largest absolute Gasteiger partial charge is 0.365 e. The molecule has 1 saturated heterocycles. The third-order valence-corrected chi connectivity index (χ3v) is 2.82. The van der Waals surface area contributed by atoms with Gasteiger partial charge in [-0.3, -0.25) is 4.55 Å². The standard InChI is InChI=1S/C11H10F2N3O.CH4O3S/c12-7-1-2-8(9(13)3-7)11(10-4-17-10)16-6-14-5-15-16;1-5(2,3)4/h1-3,5,10-11H,4,6H2;1H3,(H,2,3,4)/q+1;. The van der Waals surface area contributed by atoms with Crippen LogP contribution in [-0.2, 0) is 14.9 Å². The molecule has 2 aliphatic heterocycles. The molecule has 1 aromatic carbocycles. The molecule has 0 radical (unpaired) electrons. The zero-order chi connectivity index (χ0) is 16.3. The summed E-state index contributed by atoms with van der Waals surface area (Å²) in [6.07, 6.45) is 2.05. The van der Waals surface area contributed by atoms with Crippen LogP contribution in [0.1, 0.15) is 11.6 Å². The normalized spacial score (nSPS) is 20.9. The number of nitrogens with zero attached hydrogens (tertiary/aromatic N) is 3. The Morgan fingerprint density at radius 3 is 2.55 bits per heavy atom. The van der Waals surface area contributed by atoms with Gasteiger partial charge < -0.3 is 4.74 Å². The Hall–Kier alpha value is -1.78. The number of azo groups is 2. The van der Waals surface area contributed by atoms with Gasteiger partial charge in [0, 0.05) is 11.2 Å². The molecule has 0 spiro atoms. The van der Waals surface area contributed by atoms with Crippen LogP contribution in [0, 0.1) is 11.6 Å². The molecule has 22 heavy (non-hydrogen) atoms. The quantitative estimate of drug-likeness (QED) is 0.513. The molecule has 2 unspecified atom stereocenters. The molecule has 1 N–H and O–H groups in total. The molecule has 10 heteroatoms. The second-order valence-corrected chi connectivity index (χ2v) is 6.18. The highest BCUT2D eigenvalue weighted by molar-refractivity contribution is 7.85. The number of hydrogen-bond acceptors (Lipinski definition) is 5. The van der Waals surface area contributed by atoms with Crippen molar-refractivity contribution < 1.29 is 31.2 Å². The van der Waals surface area contributed by atoms with Crippen LogP contribution >= 0.6 is 0 Å². The van der Waals surface area contributed by atoms with Crippen molar-refractivity contribution in [2.45, 2.75) is 12.1 Å². The third kappa shape index (κ3) is 4.90. The minimum absolute atomic E-state index is 0.0968. The molecule has 0 amide bonds. The smallest absolute Gasteiger partial charge is 0.263 e. The monoisotopic (exact) mass is 334 g/mol. The summed E-state index contributed by atoms with van der Waals surface area (Å²) in [6.45, 7) is 0.939. The van der Waals surface area contributed by atoms with E-state index in [0.717, 1.165) is 6.07 Å². The van der Waals surface area contributed by atoms with Gasteiger partial charge in [-0.2, -0.15) is 13.4 Å². The molecule has 0 aromatic heterocycles. The molecule has 0 bridgehead atoms. The lowest BCUT2D eigenvalue weighted by molar-refractivity contribution is -0.624. The van der Waals surface area contributed by atoms with Crippen LogP contribution in [0.25, 0.3) is 0 Å². The molecule has 0 saturated carbocycles. The maximum atomic E-state index is 13.7. The summed E-state index contributed by atoms with van der Waals surface area (Å²) < 4.78 is 59.3. The van der Waals surface area contributed by atoms with Gasteiger partial charge in [-0.15, -0.1) is 0 Å². The Balaban J connectivity index is 0.000000309. The zero-order valence-electron chi connectivity index (χ0n) is 11.6. The van der Waals surface area contributed by atoms with Gasteiger partial charge in [0.15, 0.2) is 6.34 Å². The van der Waals surface area contributed by atoms with Crippen molar-refractivity contribution in [1.29, 1.82) is 0 Å². The van der Waals surface area contributed by atoms with E-state index in [1.165, 1.54) is 18.5 Å². The van der Waals surface area contributed by atoms with Crippen molar-refractivity contribution in [2.24, 2.45) is 10.1 Å². The fourth-order valence-electron chi connectivity index (χ4n) is 1.95. The summed E-state index contributed by atoms with van der Waals surface area (Å²) in [7, 11) is -3.67. The summed E-state index contributed by atoms with van der Waals surface area (Å²) in [4.78, 5) is 3.95. The molecule has 2 heterocycles. The molecule has 1 fully saturated rings. The lowest BCUT2D eigenvalue weighted by Gasteiger charge is -2.09. The zero-order valence-corrected chi connectivity index (χ0v) is 12.4. The number of epoxide rings is 1. The topological polar surface area (TPSA) is 94.6 Å². The lowest BCUT2D eigenvalue weighted by atomic mass is 10.0. The highest BCUT2D eigenvalue weighted by Crippen LogP contribution is 2.33. The average molecular weight is 334 g/mol. The number of ether oxygens (including phenoxy) is 1. The Morgan fingerprint density at radius 2 is 2.09 bits per heavy atom. The van der Waals surface area contributed by atoms with E-state index in [0.29, 0.717) is 25.1 Å². The van der Waals surface area contributed by atoms with Crippen LogP contribution in [0.15, 0.2) is 28.3 Å². The number of benzene rings is 1. The Labute approximate surface area is 125 Å². The van der Waals surface area contributed by atoms with Gasteiger partial charge in [-0.1, -0.05) is 4.70 Å². The molecule has 0 aliphatic carbocycles. The van der Waals surface area contributed by atoms with Gasteiger partial charge in [0.1, 0.15) is 17.7 Å². The molecule has 7 nitrogen and oxygen atoms in total. The van der Waals surface area contributed by atoms with Crippen LogP contribution in [0.4, 0.5) is 8.78 Å². The van der Waals surface area contributed by atoms with Crippen molar-refractivity contribution in [2.75, 3.05) is 19.5 Å². The number of halogens is 2. The van der Waals surface area contributed by atoms with E-state index in [4.69, 9.17) is 9.29 Å². The number of rotatable bonds is 3. The van der Waals surface area contributed by atoms with E-state index < -0.39 is 21.8 Å². The van der Waals surface area contributed by atoms with E-state index >= 15 is 0 Å². The second-order valence-electron chi connectivity index (χ2n) is 4.71. The highest BCUT2D eigenvalue weighted by atomic mass is 32.2. The predicted octanol–water partition coefficient (Wildman–Crippen LogP) is 1.37. The second kappa shape index (κ2) is 6.55.